The summed E-state index contributed by atoms with van der Waals surface area (Å²) in [5, 5.41) is 1.06. The van der Waals surface area contributed by atoms with E-state index in [1.54, 1.807) is 7.05 Å². The van der Waals surface area contributed by atoms with Gasteiger partial charge in [0, 0.05) is 13.6 Å². The zero-order valence-electron chi connectivity index (χ0n) is 9.01. The Morgan fingerprint density at radius 3 is 2.50 bits per heavy atom. The lowest BCUT2D eigenvalue weighted by molar-refractivity contribution is -0.127. The predicted molar refractivity (Wildman–Crippen MR) is 58.2 cm³/mol. The van der Waals surface area contributed by atoms with E-state index in [1.165, 1.54) is 4.90 Å². The summed E-state index contributed by atoms with van der Waals surface area (Å²) in [5.41, 5.74) is 3.85. The number of nitrogens with one attached hydrogen (secondary N) is 1. The molecule has 1 aromatic rings. The number of carbonyl (C=O) groups is 2. The summed E-state index contributed by atoms with van der Waals surface area (Å²) in [5.74, 6) is -0.219. The highest BCUT2D eigenvalue weighted by Gasteiger charge is 2.33. The van der Waals surface area contributed by atoms with Crippen LogP contribution >= 0.6 is 0 Å². The number of nitrogens with zero attached hydrogens (tertiary/aromatic N) is 2. The third-order valence-corrected chi connectivity index (χ3v) is 2.42. The van der Waals surface area contributed by atoms with Crippen LogP contribution in [0.5, 0.6) is 0 Å². The van der Waals surface area contributed by atoms with Crippen LogP contribution < -0.4 is 5.43 Å². The van der Waals surface area contributed by atoms with Gasteiger partial charge in [0.05, 0.1) is 0 Å². The highest BCUT2D eigenvalue weighted by molar-refractivity contribution is 6.01. The van der Waals surface area contributed by atoms with Crippen molar-refractivity contribution in [3.63, 3.8) is 0 Å². The molecule has 3 amide bonds. The first-order chi connectivity index (χ1) is 7.68. The van der Waals surface area contributed by atoms with Gasteiger partial charge in [-0.15, -0.1) is 0 Å². The summed E-state index contributed by atoms with van der Waals surface area (Å²) in [6.45, 7) is 0.604. The quantitative estimate of drug-likeness (QED) is 0.757. The van der Waals surface area contributed by atoms with Crippen LogP contribution in [0.25, 0.3) is 0 Å². The van der Waals surface area contributed by atoms with Gasteiger partial charge in [0.15, 0.2) is 0 Å². The molecule has 1 heterocycles. The van der Waals surface area contributed by atoms with Gasteiger partial charge in [-0.1, -0.05) is 30.3 Å². The summed E-state index contributed by atoms with van der Waals surface area (Å²) in [6.07, 6.45) is 0. The van der Waals surface area contributed by atoms with Crippen molar-refractivity contribution < 1.29 is 9.59 Å². The maximum Gasteiger partial charge on any atom is 0.341 e. The fraction of sp³-hybridized carbons (Fsp3) is 0.273. The van der Waals surface area contributed by atoms with Gasteiger partial charge < -0.3 is 4.90 Å². The average Bonchev–Trinajstić information content (AvgIpc) is 2.53. The summed E-state index contributed by atoms with van der Waals surface area (Å²) < 4.78 is 0. The van der Waals surface area contributed by atoms with E-state index >= 15 is 0 Å². The zero-order valence-corrected chi connectivity index (χ0v) is 9.01. The van der Waals surface area contributed by atoms with Gasteiger partial charge in [-0.05, 0) is 5.56 Å². The number of carbonyl (C=O) groups excluding carboxylic acids is 2. The van der Waals surface area contributed by atoms with Crippen LogP contribution in [-0.4, -0.2) is 35.4 Å². The van der Waals surface area contributed by atoms with Crippen molar-refractivity contribution in [1.82, 2.24) is 15.3 Å². The van der Waals surface area contributed by atoms with Crippen LogP contribution in [-0.2, 0) is 11.3 Å². The van der Waals surface area contributed by atoms with Crippen molar-refractivity contribution in [3.8, 4) is 0 Å². The molecule has 84 valence electrons. The molecule has 1 N–H and O–H groups in total. The maximum absolute atomic E-state index is 11.5. The monoisotopic (exact) mass is 219 g/mol. The molecule has 0 unspecified atom stereocenters. The van der Waals surface area contributed by atoms with Crippen molar-refractivity contribution in [2.45, 2.75) is 6.54 Å². The second kappa shape index (κ2) is 4.32. The molecule has 5 nitrogen and oxygen atoms in total. The lowest BCUT2D eigenvalue weighted by atomic mass is 10.2. The van der Waals surface area contributed by atoms with Crippen LogP contribution in [0, 0.1) is 0 Å². The summed E-state index contributed by atoms with van der Waals surface area (Å²) in [4.78, 5) is 24.3. The van der Waals surface area contributed by atoms with Gasteiger partial charge in [0.1, 0.15) is 6.54 Å². The number of urea groups is 1. The summed E-state index contributed by atoms with van der Waals surface area (Å²) in [6, 6.07) is 9.31. The van der Waals surface area contributed by atoms with Crippen molar-refractivity contribution in [1.29, 1.82) is 0 Å². The normalized spacial score (nSPS) is 16.1. The second-order valence-electron chi connectivity index (χ2n) is 3.69. The SMILES string of the molecule is CN1CC(=O)N(NCc2ccccc2)C1=O. The molecule has 16 heavy (non-hydrogen) atoms. The number of hydrogen-bond acceptors (Lipinski definition) is 3. The molecular weight excluding hydrogens is 206 g/mol. The minimum Gasteiger partial charge on any atom is -0.317 e. The number of hydrazine groups is 1. The second-order valence-corrected chi connectivity index (χ2v) is 3.69. The van der Waals surface area contributed by atoms with Gasteiger partial charge in [0.25, 0.3) is 5.91 Å². The maximum atomic E-state index is 11.5. The minimum absolute atomic E-state index is 0.140. The minimum atomic E-state index is -0.305. The Morgan fingerprint density at radius 1 is 1.25 bits per heavy atom. The molecule has 1 aliphatic heterocycles. The third kappa shape index (κ3) is 2.04. The van der Waals surface area contributed by atoms with Crippen LogP contribution in [0.1, 0.15) is 5.56 Å². The number of rotatable bonds is 3. The third-order valence-electron chi connectivity index (χ3n) is 2.42. The lowest BCUT2D eigenvalue weighted by Gasteiger charge is -2.15. The van der Waals surface area contributed by atoms with Crippen molar-refractivity contribution in [3.05, 3.63) is 35.9 Å². The Morgan fingerprint density at radius 2 is 1.94 bits per heavy atom. The van der Waals surface area contributed by atoms with Gasteiger partial charge in [-0.2, -0.15) is 5.01 Å². The highest BCUT2D eigenvalue weighted by Crippen LogP contribution is 2.06. The highest BCUT2D eigenvalue weighted by atomic mass is 16.2. The standard InChI is InChI=1S/C11H13N3O2/c1-13-8-10(15)14(11(13)16)12-7-9-5-3-2-4-6-9/h2-6,12H,7-8H2,1H3. The molecule has 0 aliphatic carbocycles. The van der Waals surface area contributed by atoms with Crippen LogP contribution in [0.3, 0.4) is 0 Å². The first-order valence-corrected chi connectivity index (χ1v) is 5.04. The van der Waals surface area contributed by atoms with Gasteiger partial charge in [-0.25, -0.2) is 10.2 Å². The Labute approximate surface area is 93.6 Å². The van der Waals surface area contributed by atoms with E-state index < -0.39 is 0 Å². The van der Waals surface area contributed by atoms with Gasteiger partial charge >= 0.3 is 6.03 Å². The Balaban J connectivity index is 1.96. The number of imide groups is 1. The molecule has 0 bridgehead atoms. The largest absolute Gasteiger partial charge is 0.341 e. The molecule has 2 rings (SSSR count). The molecular formula is C11H13N3O2. The van der Waals surface area contributed by atoms with E-state index in [1.807, 2.05) is 30.3 Å². The molecule has 0 aromatic heterocycles. The van der Waals surface area contributed by atoms with E-state index in [0.29, 0.717) is 6.54 Å². The Bertz CT molecular complexity index is 405. The van der Waals surface area contributed by atoms with Crippen molar-refractivity contribution >= 4 is 11.9 Å². The summed E-state index contributed by atoms with van der Waals surface area (Å²) in [7, 11) is 1.60. The number of hydrogen-bond donors (Lipinski definition) is 1. The Hall–Kier alpha value is -1.88. The van der Waals surface area contributed by atoms with Crippen LogP contribution in [0.2, 0.25) is 0 Å². The number of benzene rings is 1. The average molecular weight is 219 g/mol. The molecule has 1 aliphatic rings. The molecule has 0 radical (unpaired) electrons. The number of amides is 3. The van der Waals surface area contributed by atoms with E-state index in [-0.39, 0.29) is 18.5 Å². The first-order valence-electron chi connectivity index (χ1n) is 5.04. The first kappa shape index (κ1) is 10.6. The summed E-state index contributed by atoms with van der Waals surface area (Å²) >= 11 is 0. The van der Waals surface area contributed by atoms with Crippen LogP contribution in [0.4, 0.5) is 4.79 Å². The van der Waals surface area contributed by atoms with Gasteiger partial charge in [-0.3, -0.25) is 4.79 Å². The van der Waals surface area contributed by atoms with E-state index in [0.717, 1.165) is 10.6 Å². The van der Waals surface area contributed by atoms with Gasteiger partial charge in [0.2, 0.25) is 0 Å². The smallest absolute Gasteiger partial charge is 0.317 e. The molecule has 1 fully saturated rings. The van der Waals surface area contributed by atoms with Crippen molar-refractivity contribution in [2.24, 2.45) is 0 Å². The molecule has 0 saturated carbocycles. The Kier molecular flexibility index (Phi) is 2.87. The van der Waals surface area contributed by atoms with Crippen LogP contribution in [0.15, 0.2) is 30.3 Å². The fourth-order valence-corrected chi connectivity index (χ4v) is 1.54. The van der Waals surface area contributed by atoms with Crippen molar-refractivity contribution in [2.75, 3.05) is 13.6 Å². The predicted octanol–water partition coefficient (Wildman–Crippen LogP) is 0.585. The topological polar surface area (TPSA) is 52.7 Å². The zero-order chi connectivity index (χ0) is 11.5. The molecule has 1 aromatic carbocycles. The lowest BCUT2D eigenvalue weighted by Crippen LogP contribution is -2.42. The molecule has 5 heteroatoms. The van der Waals surface area contributed by atoms with E-state index in [2.05, 4.69) is 5.43 Å². The molecule has 0 atom stereocenters. The number of likely N-dealkylation sites (N-methyl/N-ethyl adjacent to an activating group) is 1. The molecule has 0 spiro atoms. The molecule has 1 saturated heterocycles. The van der Waals surface area contributed by atoms with E-state index in [9.17, 15) is 9.59 Å². The van der Waals surface area contributed by atoms with E-state index in [4.69, 9.17) is 0 Å². The fourth-order valence-electron chi connectivity index (χ4n) is 1.54.